The fourth-order valence-electron chi connectivity index (χ4n) is 2.86. The summed E-state index contributed by atoms with van der Waals surface area (Å²) in [5, 5.41) is 0. The van der Waals surface area contributed by atoms with Crippen LogP contribution in [0.2, 0.25) is 0 Å². The summed E-state index contributed by atoms with van der Waals surface area (Å²) in [6.45, 7) is 4.57. The SMILES string of the molecule is c1cncc(O[C@@H]2CCN(CCO[C@H]3CCCCO3)C2)c1. The van der Waals surface area contributed by atoms with Crippen molar-refractivity contribution in [2.24, 2.45) is 0 Å². The van der Waals surface area contributed by atoms with Crippen LogP contribution in [0.5, 0.6) is 5.75 Å². The largest absolute Gasteiger partial charge is 0.487 e. The summed E-state index contributed by atoms with van der Waals surface area (Å²) in [5.74, 6) is 0.858. The highest BCUT2D eigenvalue weighted by Gasteiger charge is 2.24. The van der Waals surface area contributed by atoms with Gasteiger partial charge in [-0.2, -0.15) is 0 Å². The van der Waals surface area contributed by atoms with Gasteiger partial charge in [0.1, 0.15) is 11.9 Å². The van der Waals surface area contributed by atoms with E-state index in [1.54, 1.807) is 12.4 Å². The highest BCUT2D eigenvalue weighted by Crippen LogP contribution is 2.17. The monoisotopic (exact) mass is 292 g/mol. The fourth-order valence-corrected chi connectivity index (χ4v) is 2.86. The number of rotatable bonds is 6. The minimum absolute atomic E-state index is 0.0174. The topological polar surface area (TPSA) is 43.8 Å². The first-order valence-electron chi connectivity index (χ1n) is 7.92. The van der Waals surface area contributed by atoms with Gasteiger partial charge < -0.3 is 14.2 Å². The Bertz CT molecular complexity index is 409. The zero-order valence-corrected chi connectivity index (χ0v) is 12.4. The summed E-state index contributed by atoms with van der Waals surface area (Å²) < 4.78 is 17.3. The van der Waals surface area contributed by atoms with Gasteiger partial charge in [0.05, 0.1) is 12.8 Å². The first kappa shape index (κ1) is 14.8. The number of hydrogen-bond donors (Lipinski definition) is 0. The predicted octanol–water partition coefficient (Wildman–Crippen LogP) is 2.08. The van der Waals surface area contributed by atoms with E-state index in [2.05, 4.69) is 9.88 Å². The highest BCUT2D eigenvalue weighted by atomic mass is 16.7. The maximum absolute atomic E-state index is 5.93. The Morgan fingerprint density at radius 2 is 2.33 bits per heavy atom. The van der Waals surface area contributed by atoms with Gasteiger partial charge in [-0.1, -0.05) is 0 Å². The third-order valence-electron chi connectivity index (χ3n) is 4.02. The van der Waals surface area contributed by atoms with Crippen molar-refractivity contribution in [2.75, 3.05) is 32.8 Å². The van der Waals surface area contributed by atoms with Crippen molar-refractivity contribution in [3.05, 3.63) is 24.5 Å². The van der Waals surface area contributed by atoms with Crippen LogP contribution in [-0.2, 0) is 9.47 Å². The van der Waals surface area contributed by atoms with E-state index in [9.17, 15) is 0 Å². The minimum atomic E-state index is 0.0174. The molecule has 21 heavy (non-hydrogen) atoms. The minimum Gasteiger partial charge on any atom is -0.487 e. The second-order valence-electron chi connectivity index (χ2n) is 5.68. The summed E-state index contributed by atoms with van der Waals surface area (Å²) in [6.07, 6.45) is 8.30. The number of ether oxygens (including phenoxy) is 3. The van der Waals surface area contributed by atoms with E-state index in [1.807, 2.05) is 12.1 Å². The molecule has 0 unspecified atom stereocenters. The van der Waals surface area contributed by atoms with Gasteiger partial charge in [0, 0.05) is 32.4 Å². The highest BCUT2D eigenvalue weighted by molar-refractivity contribution is 5.16. The van der Waals surface area contributed by atoms with Crippen molar-refractivity contribution < 1.29 is 14.2 Å². The second-order valence-corrected chi connectivity index (χ2v) is 5.68. The average Bonchev–Trinajstić information content (AvgIpc) is 2.97. The van der Waals surface area contributed by atoms with Crippen molar-refractivity contribution in [3.8, 4) is 5.75 Å². The van der Waals surface area contributed by atoms with Gasteiger partial charge >= 0.3 is 0 Å². The van der Waals surface area contributed by atoms with E-state index in [1.165, 1.54) is 12.8 Å². The molecule has 0 radical (unpaired) electrons. The zero-order valence-electron chi connectivity index (χ0n) is 12.4. The molecule has 0 bridgehead atoms. The van der Waals surface area contributed by atoms with Gasteiger partial charge in [0.15, 0.2) is 6.29 Å². The first-order chi connectivity index (χ1) is 10.4. The molecule has 116 valence electrons. The molecule has 2 saturated heterocycles. The Morgan fingerprint density at radius 3 is 3.14 bits per heavy atom. The van der Waals surface area contributed by atoms with Gasteiger partial charge in [-0.05, 0) is 37.8 Å². The molecule has 2 aliphatic heterocycles. The number of likely N-dealkylation sites (tertiary alicyclic amines) is 1. The molecule has 3 heterocycles. The molecule has 0 aromatic carbocycles. The average molecular weight is 292 g/mol. The molecule has 0 aliphatic carbocycles. The van der Waals surface area contributed by atoms with Crippen molar-refractivity contribution >= 4 is 0 Å². The van der Waals surface area contributed by atoms with Crippen molar-refractivity contribution in [1.82, 2.24) is 9.88 Å². The van der Waals surface area contributed by atoms with Crippen LogP contribution in [-0.4, -0.2) is 55.1 Å². The lowest BCUT2D eigenvalue weighted by molar-refractivity contribution is -0.163. The third-order valence-corrected chi connectivity index (χ3v) is 4.02. The summed E-state index contributed by atoms with van der Waals surface area (Å²) >= 11 is 0. The van der Waals surface area contributed by atoms with E-state index >= 15 is 0 Å². The van der Waals surface area contributed by atoms with E-state index < -0.39 is 0 Å². The van der Waals surface area contributed by atoms with Gasteiger partial charge in [-0.25, -0.2) is 0 Å². The lowest BCUT2D eigenvalue weighted by Crippen LogP contribution is -2.30. The maximum Gasteiger partial charge on any atom is 0.157 e. The molecule has 1 aromatic rings. The van der Waals surface area contributed by atoms with Crippen molar-refractivity contribution in [2.45, 2.75) is 38.1 Å². The quantitative estimate of drug-likeness (QED) is 0.803. The molecule has 1 aromatic heterocycles. The number of hydrogen-bond acceptors (Lipinski definition) is 5. The van der Waals surface area contributed by atoms with Crippen molar-refractivity contribution in [3.63, 3.8) is 0 Å². The molecule has 2 atom stereocenters. The Hall–Kier alpha value is -1.17. The lowest BCUT2D eigenvalue weighted by Gasteiger charge is -2.24. The van der Waals surface area contributed by atoms with E-state index in [0.717, 1.165) is 51.4 Å². The van der Waals surface area contributed by atoms with Crippen LogP contribution in [0.1, 0.15) is 25.7 Å². The summed E-state index contributed by atoms with van der Waals surface area (Å²) in [5.41, 5.74) is 0. The predicted molar refractivity (Wildman–Crippen MR) is 79.3 cm³/mol. The van der Waals surface area contributed by atoms with Gasteiger partial charge in [-0.3, -0.25) is 9.88 Å². The summed E-state index contributed by atoms with van der Waals surface area (Å²) in [4.78, 5) is 6.47. The third kappa shape index (κ3) is 4.66. The smallest absolute Gasteiger partial charge is 0.157 e. The molecule has 5 nitrogen and oxygen atoms in total. The van der Waals surface area contributed by atoms with Gasteiger partial charge in [0.2, 0.25) is 0 Å². The van der Waals surface area contributed by atoms with Crippen molar-refractivity contribution in [1.29, 1.82) is 0 Å². The van der Waals surface area contributed by atoms with Crippen LogP contribution in [0.4, 0.5) is 0 Å². The second kappa shape index (κ2) is 7.73. The standard InChI is InChI=1S/C16H24N2O3/c1-2-10-19-16(5-1)20-11-9-18-8-6-15(13-18)21-14-4-3-7-17-12-14/h3-4,7,12,15-16H,1-2,5-6,8-11,13H2/t15-,16+/m1/s1. The first-order valence-corrected chi connectivity index (χ1v) is 7.92. The molecule has 2 fully saturated rings. The van der Waals surface area contributed by atoms with Crippen LogP contribution < -0.4 is 4.74 Å². The fraction of sp³-hybridized carbons (Fsp3) is 0.688. The van der Waals surface area contributed by atoms with Crippen LogP contribution in [0, 0.1) is 0 Å². The molecule has 3 rings (SSSR count). The van der Waals surface area contributed by atoms with E-state index in [4.69, 9.17) is 14.2 Å². The Morgan fingerprint density at radius 1 is 1.33 bits per heavy atom. The maximum atomic E-state index is 5.93. The lowest BCUT2D eigenvalue weighted by atomic mass is 10.2. The van der Waals surface area contributed by atoms with E-state index in [0.29, 0.717) is 0 Å². The zero-order chi connectivity index (χ0) is 14.3. The molecular weight excluding hydrogens is 268 g/mol. The summed E-state index contributed by atoms with van der Waals surface area (Å²) in [6, 6.07) is 3.86. The molecule has 0 spiro atoms. The van der Waals surface area contributed by atoms with Crippen LogP contribution in [0.15, 0.2) is 24.5 Å². The molecule has 5 heteroatoms. The molecule has 0 amide bonds. The Balaban J connectivity index is 1.33. The number of nitrogens with zero attached hydrogens (tertiary/aromatic N) is 2. The molecule has 0 N–H and O–H groups in total. The molecular formula is C16H24N2O3. The van der Waals surface area contributed by atoms with E-state index in [-0.39, 0.29) is 12.4 Å². The number of pyridine rings is 1. The summed E-state index contributed by atoms with van der Waals surface area (Å²) in [7, 11) is 0. The van der Waals surface area contributed by atoms with Crippen LogP contribution in [0.3, 0.4) is 0 Å². The normalized spacial score (nSPS) is 26.9. The molecule has 2 aliphatic rings. The van der Waals surface area contributed by atoms with Gasteiger partial charge in [-0.15, -0.1) is 0 Å². The Labute approximate surface area is 126 Å². The van der Waals surface area contributed by atoms with Crippen LogP contribution >= 0.6 is 0 Å². The molecule has 0 saturated carbocycles. The Kier molecular flexibility index (Phi) is 5.43. The number of aromatic nitrogens is 1. The van der Waals surface area contributed by atoms with Gasteiger partial charge in [0.25, 0.3) is 0 Å². The van der Waals surface area contributed by atoms with Crippen LogP contribution in [0.25, 0.3) is 0 Å².